The Labute approximate surface area is 219 Å². The van der Waals surface area contributed by atoms with Crippen LogP contribution in [-0.4, -0.2) is 92.6 Å². The van der Waals surface area contributed by atoms with Crippen LogP contribution in [0.25, 0.3) is 0 Å². The third-order valence-corrected chi connectivity index (χ3v) is 6.07. The molecule has 0 aromatic carbocycles. The van der Waals surface area contributed by atoms with Crippen LogP contribution in [0, 0.1) is 0 Å². The van der Waals surface area contributed by atoms with Crippen molar-refractivity contribution >= 4 is 41.4 Å². The molecule has 1 heterocycles. The lowest BCUT2D eigenvalue weighted by molar-refractivity contribution is -0.142. The van der Waals surface area contributed by atoms with Crippen LogP contribution in [-0.2, 0) is 30.4 Å². The molecule has 0 aliphatic carbocycles. The monoisotopic (exact) mass is 543 g/mol. The van der Waals surface area contributed by atoms with E-state index in [4.69, 9.17) is 16.6 Å². The molecule has 10 N–H and O–H groups in total. The van der Waals surface area contributed by atoms with Crippen molar-refractivity contribution in [1.82, 2.24) is 25.9 Å². The molecule has 3 amide bonds. The second-order valence-electron chi connectivity index (χ2n) is 8.41. The van der Waals surface area contributed by atoms with Gasteiger partial charge >= 0.3 is 11.9 Å². The SMILES string of the molecule is CSCCC(N)C(=O)NC(CCC(=O)O)C(=O)NC(CCCCN)C(=O)NC(Cc1cnc[nH]1)C(=O)O. The number of H-pyrrole nitrogens is 1. The molecule has 0 aliphatic heterocycles. The van der Waals surface area contributed by atoms with E-state index in [1.807, 2.05) is 6.26 Å². The molecule has 0 spiro atoms. The predicted octanol–water partition coefficient (Wildman–Crippen LogP) is -1.43. The number of aliphatic carboxylic acids is 2. The molecular weight excluding hydrogens is 506 g/mol. The Morgan fingerprint density at radius 3 is 2.14 bits per heavy atom. The van der Waals surface area contributed by atoms with Gasteiger partial charge in [0.2, 0.25) is 17.7 Å². The molecule has 0 fully saturated rings. The number of nitrogens with one attached hydrogen (secondary N) is 4. The van der Waals surface area contributed by atoms with Gasteiger partial charge in [0.15, 0.2) is 0 Å². The van der Waals surface area contributed by atoms with Gasteiger partial charge in [-0.05, 0) is 50.7 Å². The van der Waals surface area contributed by atoms with Crippen LogP contribution in [0.5, 0.6) is 0 Å². The quantitative estimate of drug-likeness (QED) is 0.0939. The highest BCUT2D eigenvalue weighted by molar-refractivity contribution is 7.98. The number of rotatable bonds is 19. The minimum absolute atomic E-state index is 0.0598. The highest BCUT2D eigenvalue weighted by Gasteiger charge is 2.30. The van der Waals surface area contributed by atoms with Gasteiger partial charge in [-0.25, -0.2) is 9.78 Å². The van der Waals surface area contributed by atoms with Gasteiger partial charge < -0.3 is 42.6 Å². The maximum atomic E-state index is 13.1. The molecule has 4 atom stereocenters. The first-order chi connectivity index (χ1) is 17.6. The van der Waals surface area contributed by atoms with E-state index in [0.717, 1.165) is 0 Å². The Morgan fingerprint density at radius 1 is 0.973 bits per heavy atom. The van der Waals surface area contributed by atoms with Crippen molar-refractivity contribution in [2.45, 2.75) is 69.1 Å². The minimum Gasteiger partial charge on any atom is -0.481 e. The molecular formula is C22H37N7O7S. The summed E-state index contributed by atoms with van der Waals surface area (Å²) in [7, 11) is 0. The second-order valence-corrected chi connectivity index (χ2v) is 9.39. The number of aromatic nitrogens is 2. The highest BCUT2D eigenvalue weighted by atomic mass is 32.2. The number of nitrogens with two attached hydrogens (primary N) is 2. The molecule has 0 saturated heterocycles. The number of imidazole rings is 1. The van der Waals surface area contributed by atoms with Crippen LogP contribution < -0.4 is 27.4 Å². The number of nitrogens with zero attached hydrogens (tertiary/aromatic N) is 1. The number of amides is 3. The zero-order valence-corrected chi connectivity index (χ0v) is 21.6. The van der Waals surface area contributed by atoms with Gasteiger partial charge in [-0.3, -0.25) is 19.2 Å². The summed E-state index contributed by atoms with van der Waals surface area (Å²) in [4.78, 5) is 67.9. The first kappa shape index (κ1) is 31.9. The third-order valence-electron chi connectivity index (χ3n) is 5.42. The van der Waals surface area contributed by atoms with Gasteiger partial charge in [0.25, 0.3) is 0 Å². The van der Waals surface area contributed by atoms with Gasteiger partial charge in [-0.2, -0.15) is 11.8 Å². The number of hydrogen-bond donors (Lipinski definition) is 8. The van der Waals surface area contributed by atoms with Crippen LogP contribution in [0.1, 0.15) is 44.2 Å². The first-order valence-electron chi connectivity index (χ1n) is 11.9. The van der Waals surface area contributed by atoms with E-state index in [2.05, 4.69) is 25.9 Å². The number of carboxylic acid groups (broad SMARTS) is 2. The van der Waals surface area contributed by atoms with Gasteiger partial charge in [0.05, 0.1) is 12.4 Å². The minimum atomic E-state index is -1.29. The van der Waals surface area contributed by atoms with Crippen molar-refractivity contribution in [3.8, 4) is 0 Å². The molecule has 0 saturated carbocycles. The average molecular weight is 544 g/mol. The Kier molecular flexibility index (Phi) is 14.9. The summed E-state index contributed by atoms with van der Waals surface area (Å²) in [6.45, 7) is 0.352. The van der Waals surface area contributed by atoms with Gasteiger partial charge in [-0.1, -0.05) is 0 Å². The number of carboxylic acids is 2. The van der Waals surface area contributed by atoms with Crippen molar-refractivity contribution in [1.29, 1.82) is 0 Å². The van der Waals surface area contributed by atoms with E-state index < -0.39 is 60.2 Å². The number of unbranched alkanes of at least 4 members (excludes halogenated alkanes) is 1. The summed E-state index contributed by atoms with van der Waals surface area (Å²) < 4.78 is 0. The molecule has 15 heteroatoms. The topological polar surface area (TPSA) is 243 Å². The summed E-state index contributed by atoms with van der Waals surface area (Å²) in [6.07, 6.45) is 5.49. The van der Waals surface area contributed by atoms with Gasteiger partial charge in [0.1, 0.15) is 18.1 Å². The molecule has 4 unspecified atom stereocenters. The molecule has 1 rings (SSSR count). The number of aromatic amines is 1. The summed E-state index contributed by atoms with van der Waals surface area (Å²) >= 11 is 1.50. The zero-order chi connectivity index (χ0) is 27.8. The van der Waals surface area contributed by atoms with Crippen LogP contribution in [0.2, 0.25) is 0 Å². The number of carbonyl (C=O) groups excluding carboxylic acids is 3. The fourth-order valence-corrected chi connectivity index (χ4v) is 3.80. The number of carbonyl (C=O) groups is 5. The van der Waals surface area contributed by atoms with E-state index in [-0.39, 0.29) is 19.3 Å². The fourth-order valence-electron chi connectivity index (χ4n) is 3.31. The lowest BCUT2D eigenvalue weighted by atomic mass is 10.0. The second kappa shape index (κ2) is 17.3. The molecule has 14 nitrogen and oxygen atoms in total. The molecule has 37 heavy (non-hydrogen) atoms. The van der Waals surface area contributed by atoms with Crippen molar-refractivity contribution in [2.24, 2.45) is 11.5 Å². The smallest absolute Gasteiger partial charge is 0.326 e. The van der Waals surface area contributed by atoms with E-state index in [9.17, 15) is 29.1 Å². The summed E-state index contributed by atoms with van der Waals surface area (Å²) in [5, 5.41) is 26.0. The molecule has 1 aromatic heterocycles. The lowest BCUT2D eigenvalue weighted by Gasteiger charge is -2.25. The maximum absolute atomic E-state index is 13.1. The van der Waals surface area contributed by atoms with E-state index >= 15 is 0 Å². The van der Waals surface area contributed by atoms with Crippen molar-refractivity contribution in [3.05, 3.63) is 18.2 Å². The van der Waals surface area contributed by atoms with Gasteiger partial charge in [-0.15, -0.1) is 0 Å². The zero-order valence-electron chi connectivity index (χ0n) is 20.8. The lowest BCUT2D eigenvalue weighted by Crippen LogP contribution is -2.57. The van der Waals surface area contributed by atoms with Crippen molar-refractivity contribution in [2.75, 3.05) is 18.6 Å². The largest absolute Gasteiger partial charge is 0.481 e. The fraction of sp³-hybridized carbons (Fsp3) is 0.636. The Hall–Kier alpha value is -3.17. The van der Waals surface area contributed by atoms with Crippen LogP contribution in [0.3, 0.4) is 0 Å². The molecule has 208 valence electrons. The predicted molar refractivity (Wildman–Crippen MR) is 136 cm³/mol. The molecule has 0 radical (unpaired) electrons. The molecule has 1 aromatic rings. The molecule has 0 aliphatic rings. The third kappa shape index (κ3) is 12.6. The van der Waals surface area contributed by atoms with E-state index in [1.54, 1.807) is 0 Å². The normalized spacial score (nSPS) is 14.1. The van der Waals surface area contributed by atoms with Crippen LogP contribution >= 0.6 is 11.8 Å². The average Bonchev–Trinajstić information content (AvgIpc) is 3.36. The van der Waals surface area contributed by atoms with Crippen molar-refractivity contribution < 1.29 is 34.2 Å². The van der Waals surface area contributed by atoms with E-state index in [0.29, 0.717) is 37.3 Å². The summed E-state index contributed by atoms with van der Waals surface area (Å²) in [5.74, 6) is -3.96. The highest BCUT2D eigenvalue weighted by Crippen LogP contribution is 2.07. The van der Waals surface area contributed by atoms with Crippen LogP contribution in [0.15, 0.2) is 12.5 Å². The molecule has 0 bridgehead atoms. The van der Waals surface area contributed by atoms with Crippen LogP contribution in [0.4, 0.5) is 0 Å². The number of thioether (sulfide) groups is 1. The summed E-state index contributed by atoms with van der Waals surface area (Å²) in [6, 6.07) is -4.58. The van der Waals surface area contributed by atoms with Crippen molar-refractivity contribution in [3.63, 3.8) is 0 Å². The first-order valence-corrected chi connectivity index (χ1v) is 13.3. The maximum Gasteiger partial charge on any atom is 0.326 e. The Bertz CT molecular complexity index is 885. The Morgan fingerprint density at radius 2 is 1.59 bits per heavy atom. The summed E-state index contributed by atoms with van der Waals surface area (Å²) in [5.41, 5.74) is 11.9. The van der Waals surface area contributed by atoms with E-state index in [1.165, 1.54) is 24.3 Å². The standard InChI is InChI=1S/C22H37N7O7S/c1-37-9-7-14(24)19(32)27-16(5-6-18(30)31)21(34)28-15(4-2-3-8-23)20(33)29-17(22(35)36)10-13-11-25-12-26-13/h11-12,14-17H,2-10,23-24H2,1H3,(H,25,26)(H,27,32)(H,28,34)(H,29,33)(H,30,31)(H,35,36). The van der Waals surface area contributed by atoms with Gasteiger partial charge in [0, 0.05) is 24.7 Å². The Balaban J connectivity index is 2.98. The number of hydrogen-bond acceptors (Lipinski definition) is 9.